The fourth-order valence-electron chi connectivity index (χ4n) is 2.74. The highest BCUT2D eigenvalue weighted by molar-refractivity contribution is 9.10. The standard InChI is InChI=1S/C24H21BrN2O4/c1-3-30-21-10-7-17(8-11-21)24(29)31-22-12-9-20(25)14-19(22)15-26-27-23(28)18-6-4-5-16(2)13-18/h4-15H,3H2,1-2H3,(H,27,28)/b26-15+. The number of nitrogens with zero attached hydrogens (tertiary/aromatic N) is 1. The van der Waals surface area contributed by atoms with Crippen LogP contribution >= 0.6 is 15.9 Å². The summed E-state index contributed by atoms with van der Waals surface area (Å²) in [6.45, 7) is 4.35. The Kier molecular flexibility index (Phi) is 7.56. The van der Waals surface area contributed by atoms with Crippen molar-refractivity contribution in [2.24, 2.45) is 5.10 Å². The predicted octanol–water partition coefficient (Wildman–Crippen LogP) is 5.14. The highest BCUT2D eigenvalue weighted by Gasteiger charge is 2.12. The Morgan fingerprint density at radius 1 is 1.03 bits per heavy atom. The number of ether oxygens (including phenoxy) is 2. The number of hydrazone groups is 1. The van der Waals surface area contributed by atoms with E-state index in [1.807, 2.05) is 19.9 Å². The molecule has 31 heavy (non-hydrogen) atoms. The number of rotatable bonds is 7. The number of amides is 1. The largest absolute Gasteiger partial charge is 0.494 e. The lowest BCUT2D eigenvalue weighted by Gasteiger charge is -2.09. The topological polar surface area (TPSA) is 77.0 Å². The zero-order valence-corrected chi connectivity index (χ0v) is 18.7. The molecule has 3 aromatic carbocycles. The second kappa shape index (κ2) is 10.5. The van der Waals surface area contributed by atoms with Gasteiger partial charge in [0.25, 0.3) is 5.91 Å². The molecule has 0 fully saturated rings. The van der Waals surface area contributed by atoms with Gasteiger partial charge >= 0.3 is 5.97 Å². The minimum absolute atomic E-state index is 0.315. The molecule has 0 spiro atoms. The van der Waals surface area contributed by atoms with Crippen molar-refractivity contribution in [2.75, 3.05) is 6.61 Å². The summed E-state index contributed by atoms with van der Waals surface area (Å²) in [5, 5.41) is 4.01. The molecule has 0 saturated carbocycles. The number of benzene rings is 3. The van der Waals surface area contributed by atoms with Crippen LogP contribution in [0.15, 0.2) is 76.3 Å². The molecule has 3 aromatic rings. The summed E-state index contributed by atoms with van der Waals surface area (Å²) in [5.74, 6) is 0.155. The molecule has 0 atom stereocenters. The van der Waals surface area contributed by atoms with Gasteiger partial charge in [0, 0.05) is 15.6 Å². The normalized spacial score (nSPS) is 10.7. The van der Waals surface area contributed by atoms with E-state index >= 15 is 0 Å². The van der Waals surface area contributed by atoms with E-state index in [0.717, 1.165) is 10.0 Å². The van der Waals surface area contributed by atoms with E-state index in [0.29, 0.717) is 34.8 Å². The molecule has 0 radical (unpaired) electrons. The summed E-state index contributed by atoms with van der Waals surface area (Å²) in [6, 6.07) is 19.1. The molecule has 0 unspecified atom stereocenters. The first-order valence-electron chi connectivity index (χ1n) is 9.61. The van der Waals surface area contributed by atoms with Crippen molar-refractivity contribution in [3.05, 3.63) is 93.5 Å². The Balaban J connectivity index is 1.72. The third kappa shape index (κ3) is 6.26. The molecular weight excluding hydrogens is 460 g/mol. The van der Waals surface area contributed by atoms with Gasteiger partial charge in [-0.3, -0.25) is 4.79 Å². The third-order valence-electron chi connectivity index (χ3n) is 4.23. The molecule has 0 bridgehead atoms. The maximum Gasteiger partial charge on any atom is 0.343 e. The van der Waals surface area contributed by atoms with Crippen LogP contribution in [0.25, 0.3) is 0 Å². The highest BCUT2D eigenvalue weighted by atomic mass is 79.9. The first-order valence-corrected chi connectivity index (χ1v) is 10.4. The van der Waals surface area contributed by atoms with E-state index in [9.17, 15) is 9.59 Å². The van der Waals surface area contributed by atoms with Gasteiger partial charge in [0.1, 0.15) is 11.5 Å². The van der Waals surface area contributed by atoms with Crippen LogP contribution in [0.5, 0.6) is 11.5 Å². The molecule has 0 aliphatic rings. The van der Waals surface area contributed by atoms with Crippen LogP contribution in [0, 0.1) is 6.92 Å². The average Bonchev–Trinajstić information content (AvgIpc) is 2.76. The maximum atomic E-state index is 12.5. The molecule has 3 rings (SSSR count). The molecule has 0 aliphatic heterocycles. The maximum absolute atomic E-state index is 12.5. The lowest BCUT2D eigenvalue weighted by molar-refractivity contribution is 0.0734. The van der Waals surface area contributed by atoms with Crippen molar-refractivity contribution in [1.29, 1.82) is 0 Å². The van der Waals surface area contributed by atoms with Crippen molar-refractivity contribution in [3.8, 4) is 11.5 Å². The van der Waals surface area contributed by atoms with Crippen LogP contribution in [0.2, 0.25) is 0 Å². The van der Waals surface area contributed by atoms with E-state index < -0.39 is 5.97 Å². The van der Waals surface area contributed by atoms with E-state index in [-0.39, 0.29) is 5.91 Å². The van der Waals surface area contributed by atoms with E-state index in [1.165, 1.54) is 6.21 Å². The number of nitrogens with one attached hydrogen (secondary N) is 1. The lowest BCUT2D eigenvalue weighted by Crippen LogP contribution is -2.17. The summed E-state index contributed by atoms with van der Waals surface area (Å²) in [6.07, 6.45) is 1.43. The third-order valence-corrected chi connectivity index (χ3v) is 4.72. The summed E-state index contributed by atoms with van der Waals surface area (Å²) in [5.41, 5.74) is 4.89. The minimum atomic E-state index is -0.510. The van der Waals surface area contributed by atoms with Gasteiger partial charge in [0.05, 0.1) is 18.4 Å². The van der Waals surface area contributed by atoms with Crippen LogP contribution in [0.4, 0.5) is 0 Å². The molecule has 0 heterocycles. The highest BCUT2D eigenvalue weighted by Crippen LogP contribution is 2.23. The number of halogens is 1. The van der Waals surface area contributed by atoms with Gasteiger partial charge in [0.2, 0.25) is 0 Å². The molecule has 0 aromatic heterocycles. The van der Waals surface area contributed by atoms with Crippen LogP contribution in [0.3, 0.4) is 0 Å². The number of hydrogen-bond acceptors (Lipinski definition) is 5. The lowest BCUT2D eigenvalue weighted by atomic mass is 10.1. The number of carbonyl (C=O) groups excluding carboxylic acids is 2. The summed E-state index contributed by atoms with van der Waals surface area (Å²) < 4.78 is 11.7. The smallest absolute Gasteiger partial charge is 0.343 e. The van der Waals surface area contributed by atoms with Crippen molar-refractivity contribution >= 4 is 34.0 Å². The van der Waals surface area contributed by atoms with Gasteiger partial charge < -0.3 is 9.47 Å². The van der Waals surface area contributed by atoms with Crippen LogP contribution in [0.1, 0.15) is 38.8 Å². The van der Waals surface area contributed by atoms with E-state index in [1.54, 1.807) is 60.7 Å². The number of esters is 1. The van der Waals surface area contributed by atoms with Gasteiger partial charge in [-0.2, -0.15) is 5.10 Å². The van der Waals surface area contributed by atoms with Gasteiger partial charge in [-0.15, -0.1) is 0 Å². The van der Waals surface area contributed by atoms with Crippen molar-refractivity contribution in [1.82, 2.24) is 5.43 Å². The zero-order valence-electron chi connectivity index (χ0n) is 17.1. The van der Waals surface area contributed by atoms with Gasteiger partial charge in [0.15, 0.2) is 0 Å². The Bertz CT molecular complexity index is 1110. The average molecular weight is 481 g/mol. The molecule has 1 amide bonds. The Hall–Kier alpha value is -3.45. The summed E-state index contributed by atoms with van der Waals surface area (Å²) in [4.78, 5) is 24.8. The van der Waals surface area contributed by atoms with Crippen molar-refractivity contribution < 1.29 is 19.1 Å². The van der Waals surface area contributed by atoms with Gasteiger partial charge in [-0.05, 0) is 68.4 Å². The quantitative estimate of drug-likeness (QED) is 0.220. The second-order valence-corrected chi connectivity index (χ2v) is 7.51. The van der Waals surface area contributed by atoms with Gasteiger partial charge in [-0.25, -0.2) is 10.2 Å². The van der Waals surface area contributed by atoms with Crippen LogP contribution in [-0.4, -0.2) is 24.7 Å². The first-order chi connectivity index (χ1) is 15.0. The van der Waals surface area contributed by atoms with Crippen molar-refractivity contribution in [3.63, 3.8) is 0 Å². The first kappa shape index (κ1) is 22.2. The summed E-state index contributed by atoms with van der Waals surface area (Å²) >= 11 is 3.39. The zero-order chi connectivity index (χ0) is 22.2. The SMILES string of the molecule is CCOc1ccc(C(=O)Oc2ccc(Br)cc2/C=N/NC(=O)c2cccc(C)c2)cc1. The molecule has 158 valence electrons. The summed E-state index contributed by atoms with van der Waals surface area (Å²) in [7, 11) is 0. The number of aryl methyl sites for hydroxylation is 1. The van der Waals surface area contributed by atoms with E-state index in [4.69, 9.17) is 9.47 Å². The Labute approximate surface area is 189 Å². The molecule has 1 N–H and O–H groups in total. The fraction of sp³-hybridized carbons (Fsp3) is 0.125. The van der Waals surface area contributed by atoms with Crippen molar-refractivity contribution in [2.45, 2.75) is 13.8 Å². The molecule has 0 saturated heterocycles. The molecule has 7 heteroatoms. The van der Waals surface area contributed by atoms with Crippen LogP contribution < -0.4 is 14.9 Å². The fourth-order valence-corrected chi connectivity index (χ4v) is 3.12. The Morgan fingerprint density at radius 2 is 1.81 bits per heavy atom. The monoisotopic (exact) mass is 480 g/mol. The predicted molar refractivity (Wildman–Crippen MR) is 123 cm³/mol. The van der Waals surface area contributed by atoms with Gasteiger partial charge in [-0.1, -0.05) is 33.6 Å². The molecular formula is C24H21BrN2O4. The Morgan fingerprint density at radius 3 is 2.52 bits per heavy atom. The molecule has 0 aliphatic carbocycles. The number of carbonyl (C=O) groups is 2. The number of hydrogen-bond donors (Lipinski definition) is 1. The van der Waals surface area contributed by atoms with Crippen LogP contribution in [-0.2, 0) is 0 Å². The van der Waals surface area contributed by atoms with E-state index in [2.05, 4.69) is 26.5 Å². The second-order valence-electron chi connectivity index (χ2n) is 6.60. The molecule has 6 nitrogen and oxygen atoms in total. The minimum Gasteiger partial charge on any atom is -0.494 e.